The lowest BCUT2D eigenvalue weighted by Crippen LogP contribution is -2.50. The smallest absolute Gasteiger partial charge is 0.131 e. The van der Waals surface area contributed by atoms with Crippen LogP contribution < -0.4 is 10.1 Å². The molecule has 4 aromatic rings. The van der Waals surface area contributed by atoms with Crippen molar-refractivity contribution >= 4 is 12.4 Å². The molecule has 0 bridgehead atoms. The van der Waals surface area contributed by atoms with Crippen LogP contribution in [0.1, 0.15) is 34.6 Å². The van der Waals surface area contributed by atoms with Crippen LogP contribution in [0.2, 0.25) is 0 Å². The molecule has 1 aliphatic heterocycles. The van der Waals surface area contributed by atoms with E-state index in [1.807, 2.05) is 54.6 Å². The van der Waals surface area contributed by atoms with Crippen LogP contribution in [0.15, 0.2) is 91.0 Å². The first-order valence-corrected chi connectivity index (χ1v) is 14.6. The van der Waals surface area contributed by atoms with Crippen molar-refractivity contribution in [2.45, 2.75) is 44.4 Å². The quantitative estimate of drug-likeness (QED) is 0.114. The van der Waals surface area contributed by atoms with Crippen molar-refractivity contribution in [1.29, 1.82) is 0 Å². The molecule has 1 saturated heterocycles. The zero-order valence-corrected chi connectivity index (χ0v) is 25.4. The van der Waals surface area contributed by atoms with Gasteiger partial charge in [0.05, 0.1) is 45.2 Å². The summed E-state index contributed by atoms with van der Waals surface area (Å²) < 4.78 is 79.4. The summed E-state index contributed by atoms with van der Waals surface area (Å²) in [5, 5.41) is 3.28. The molecule has 1 aliphatic rings. The monoisotopic (exact) mass is 645 g/mol. The summed E-state index contributed by atoms with van der Waals surface area (Å²) in [4.78, 5) is 0. The Balaban J connectivity index is 0.00000461. The average molecular weight is 646 g/mol. The number of rotatable bonds is 14. The van der Waals surface area contributed by atoms with E-state index in [9.17, 15) is 17.6 Å². The Morgan fingerprint density at radius 3 is 1.78 bits per heavy atom. The van der Waals surface area contributed by atoms with Crippen LogP contribution in [0.25, 0.3) is 0 Å². The zero-order valence-electron chi connectivity index (χ0n) is 24.6. The average Bonchev–Trinajstić information content (AvgIpc) is 3.03. The van der Waals surface area contributed by atoms with E-state index < -0.39 is 35.5 Å². The summed E-state index contributed by atoms with van der Waals surface area (Å²) in [6.07, 6.45) is -0.149. The Kier molecular flexibility index (Phi) is 13.2. The molecule has 0 saturated carbocycles. The maximum Gasteiger partial charge on any atom is 0.131 e. The summed E-state index contributed by atoms with van der Waals surface area (Å²) >= 11 is 0. The molecule has 10 heteroatoms. The van der Waals surface area contributed by atoms with Gasteiger partial charge in [0.15, 0.2) is 0 Å². The SMILES string of the molecule is Cl.Fc1ccc(CO[C@H]2CNC[C@@H](OCc3ccc(F)cc3F)C2c2ccc(OCCCOCc3ccccc3)cc2)c(F)c1. The molecule has 1 fully saturated rings. The van der Waals surface area contributed by atoms with Gasteiger partial charge in [-0.15, -0.1) is 12.4 Å². The zero-order chi connectivity index (χ0) is 30.7. The second kappa shape index (κ2) is 17.3. The van der Waals surface area contributed by atoms with E-state index in [1.165, 1.54) is 24.3 Å². The molecular weight excluding hydrogens is 610 g/mol. The lowest BCUT2D eigenvalue weighted by atomic mass is 9.85. The number of halogens is 5. The Morgan fingerprint density at radius 2 is 1.22 bits per heavy atom. The Hall–Kier alpha value is -3.47. The molecular formula is C35H36ClF4NO4. The fourth-order valence-electron chi connectivity index (χ4n) is 5.19. The number of hydrogen-bond acceptors (Lipinski definition) is 5. The molecule has 4 aromatic carbocycles. The molecule has 1 N–H and O–H groups in total. The largest absolute Gasteiger partial charge is 0.494 e. The van der Waals surface area contributed by atoms with Crippen molar-refractivity contribution in [3.05, 3.63) is 137 Å². The molecule has 45 heavy (non-hydrogen) atoms. The van der Waals surface area contributed by atoms with E-state index >= 15 is 0 Å². The van der Waals surface area contributed by atoms with Crippen LogP contribution in [0.4, 0.5) is 17.6 Å². The first-order chi connectivity index (χ1) is 21.5. The molecule has 0 aliphatic carbocycles. The maximum absolute atomic E-state index is 14.3. The van der Waals surface area contributed by atoms with Gasteiger partial charge in [-0.05, 0) is 35.4 Å². The highest BCUT2D eigenvalue weighted by molar-refractivity contribution is 5.85. The summed E-state index contributed by atoms with van der Waals surface area (Å²) in [6.45, 7) is 2.40. The van der Waals surface area contributed by atoms with E-state index in [-0.39, 0.29) is 42.7 Å². The van der Waals surface area contributed by atoms with Gasteiger partial charge in [-0.1, -0.05) is 54.6 Å². The molecule has 5 rings (SSSR count). The molecule has 0 spiro atoms. The second-order valence-corrected chi connectivity index (χ2v) is 10.7. The van der Waals surface area contributed by atoms with Crippen LogP contribution in [0.3, 0.4) is 0 Å². The highest BCUT2D eigenvalue weighted by atomic mass is 35.5. The number of nitrogens with one attached hydrogen (secondary N) is 1. The van der Waals surface area contributed by atoms with Crippen molar-refractivity contribution in [3.63, 3.8) is 0 Å². The second-order valence-electron chi connectivity index (χ2n) is 10.7. The van der Waals surface area contributed by atoms with Gasteiger partial charge in [0.25, 0.3) is 0 Å². The minimum absolute atomic E-state index is 0. The van der Waals surface area contributed by atoms with Crippen LogP contribution in [-0.2, 0) is 34.0 Å². The third kappa shape index (κ3) is 10.0. The van der Waals surface area contributed by atoms with Gasteiger partial charge in [-0.25, -0.2) is 17.6 Å². The van der Waals surface area contributed by atoms with Gasteiger partial charge in [0.1, 0.15) is 29.0 Å². The van der Waals surface area contributed by atoms with E-state index in [4.69, 9.17) is 18.9 Å². The number of benzene rings is 4. The maximum atomic E-state index is 14.3. The molecule has 3 atom stereocenters. The predicted molar refractivity (Wildman–Crippen MR) is 165 cm³/mol. The van der Waals surface area contributed by atoms with Gasteiger partial charge < -0.3 is 24.3 Å². The van der Waals surface area contributed by atoms with Gasteiger partial charge in [0, 0.05) is 48.7 Å². The predicted octanol–water partition coefficient (Wildman–Crippen LogP) is 7.51. The van der Waals surface area contributed by atoms with Gasteiger partial charge >= 0.3 is 0 Å². The van der Waals surface area contributed by atoms with Crippen molar-refractivity contribution in [2.75, 3.05) is 26.3 Å². The van der Waals surface area contributed by atoms with E-state index in [0.29, 0.717) is 38.7 Å². The summed E-state index contributed by atoms with van der Waals surface area (Å²) in [6, 6.07) is 24.3. The van der Waals surface area contributed by atoms with Crippen LogP contribution in [0.5, 0.6) is 5.75 Å². The molecule has 1 heterocycles. The third-order valence-electron chi connectivity index (χ3n) is 7.51. The lowest BCUT2D eigenvalue weighted by molar-refractivity contribution is -0.0659. The van der Waals surface area contributed by atoms with E-state index in [1.54, 1.807) is 0 Å². The lowest BCUT2D eigenvalue weighted by Gasteiger charge is -2.39. The molecule has 1 unspecified atom stereocenters. The Labute approximate surface area is 266 Å². The summed E-state index contributed by atoms with van der Waals surface area (Å²) in [5.74, 6) is -2.29. The fraction of sp³-hybridized carbons (Fsp3) is 0.314. The minimum atomic E-state index is -0.683. The number of hydrogen-bond donors (Lipinski definition) is 1. The van der Waals surface area contributed by atoms with Gasteiger partial charge in [0.2, 0.25) is 0 Å². The number of piperidine rings is 1. The third-order valence-corrected chi connectivity index (χ3v) is 7.51. The highest BCUT2D eigenvalue weighted by Gasteiger charge is 2.36. The first kappa shape index (κ1) is 34.4. The van der Waals surface area contributed by atoms with E-state index in [2.05, 4.69) is 5.32 Å². The number of ether oxygens (including phenoxy) is 4. The van der Waals surface area contributed by atoms with Crippen molar-refractivity contribution in [3.8, 4) is 5.75 Å². The van der Waals surface area contributed by atoms with Crippen LogP contribution >= 0.6 is 12.4 Å². The first-order valence-electron chi connectivity index (χ1n) is 14.6. The van der Waals surface area contributed by atoms with Crippen molar-refractivity contribution in [2.24, 2.45) is 0 Å². The molecule has 240 valence electrons. The van der Waals surface area contributed by atoms with Crippen molar-refractivity contribution < 1.29 is 36.5 Å². The Morgan fingerprint density at radius 1 is 0.644 bits per heavy atom. The van der Waals surface area contributed by atoms with Crippen molar-refractivity contribution in [1.82, 2.24) is 5.32 Å². The fourth-order valence-corrected chi connectivity index (χ4v) is 5.19. The normalized spacial score (nSPS) is 17.9. The summed E-state index contributed by atoms with van der Waals surface area (Å²) in [5.41, 5.74) is 2.49. The van der Waals surface area contributed by atoms with E-state index in [0.717, 1.165) is 29.7 Å². The molecule has 0 radical (unpaired) electrons. The standard InChI is InChI=1S/C35H35F4NO4.ClH/c36-28-11-7-26(31(38)17-28)22-43-33-19-40-20-34(44-23-27-8-12-29(37)18-32(27)39)35(33)25-9-13-30(14-10-25)42-16-4-15-41-21-24-5-2-1-3-6-24;/h1-3,5-14,17-18,33-35,40H,4,15-16,19-23H2;1H/t33-,34+,35?;. The molecule has 5 nitrogen and oxygen atoms in total. The van der Waals surface area contributed by atoms with Crippen LogP contribution in [0, 0.1) is 23.3 Å². The van der Waals surface area contributed by atoms with Gasteiger partial charge in [-0.2, -0.15) is 0 Å². The summed E-state index contributed by atoms with van der Waals surface area (Å²) in [7, 11) is 0. The van der Waals surface area contributed by atoms with Gasteiger partial charge in [-0.3, -0.25) is 0 Å². The van der Waals surface area contributed by atoms with Crippen LogP contribution in [-0.4, -0.2) is 38.5 Å². The highest BCUT2D eigenvalue weighted by Crippen LogP contribution is 2.33. The topological polar surface area (TPSA) is 49.0 Å². The minimum Gasteiger partial charge on any atom is -0.494 e. The Bertz CT molecular complexity index is 1420. The molecule has 0 amide bonds. The molecule has 0 aromatic heterocycles.